The standard InChI is InChI=1S/C16H30N4O/c1-6-19(7-2)12-11-17-16(21)10-9-15-13(4)18-20(8-3)14(15)5/h6-12H2,1-5H3,(H,17,21). The molecule has 0 unspecified atom stereocenters. The summed E-state index contributed by atoms with van der Waals surface area (Å²) in [6.45, 7) is 15.1. The van der Waals surface area contributed by atoms with Crippen molar-refractivity contribution in [3.05, 3.63) is 17.0 Å². The number of likely N-dealkylation sites (N-methyl/N-ethyl adjacent to an activating group) is 1. The van der Waals surface area contributed by atoms with Crippen molar-refractivity contribution >= 4 is 5.91 Å². The molecule has 1 heterocycles. The monoisotopic (exact) mass is 294 g/mol. The van der Waals surface area contributed by atoms with Gasteiger partial charge in [0.05, 0.1) is 5.69 Å². The minimum absolute atomic E-state index is 0.130. The molecule has 0 aromatic carbocycles. The number of carbonyl (C=O) groups is 1. The van der Waals surface area contributed by atoms with Gasteiger partial charge in [0.25, 0.3) is 0 Å². The Morgan fingerprint density at radius 3 is 2.43 bits per heavy atom. The highest BCUT2D eigenvalue weighted by Gasteiger charge is 2.12. The molecule has 1 aromatic heterocycles. The Labute approximate surface area is 128 Å². The van der Waals surface area contributed by atoms with Crippen molar-refractivity contribution in [3.8, 4) is 0 Å². The van der Waals surface area contributed by atoms with Crippen LogP contribution in [0.3, 0.4) is 0 Å². The lowest BCUT2D eigenvalue weighted by Crippen LogP contribution is -2.34. The summed E-state index contributed by atoms with van der Waals surface area (Å²) >= 11 is 0. The Kier molecular flexibility index (Phi) is 7.43. The first-order valence-electron chi connectivity index (χ1n) is 8.05. The van der Waals surface area contributed by atoms with Crippen LogP contribution in [-0.2, 0) is 17.8 Å². The van der Waals surface area contributed by atoms with Gasteiger partial charge in [-0.05, 0) is 45.8 Å². The van der Waals surface area contributed by atoms with Crippen LogP contribution in [0.4, 0.5) is 0 Å². The van der Waals surface area contributed by atoms with E-state index in [1.54, 1.807) is 0 Å². The predicted octanol–water partition coefficient (Wildman–Crippen LogP) is 1.91. The molecule has 0 aliphatic heterocycles. The second-order valence-electron chi connectivity index (χ2n) is 5.34. The molecule has 0 fully saturated rings. The van der Waals surface area contributed by atoms with Gasteiger partial charge in [0.15, 0.2) is 0 Å². The zero-order valence-corrected chi connectivity index (χ0v) is 14.2. The van der Waals surface area contributed by atoms with Gasteiger partial charge in [-0.2, -0.15) is 5.10 Å². The highest BCUT2D eigenvalue weighted by Crippen LogP contribution is 2.14. The number of rotatable bonds is 9. The fourth-order valence-corrected chi connectivity index (χ4v) is 2.62. The van der Waals surface area contributed by atoms with Crippen LogP contribution in [0, 0.1) is 13.8 Å². The smallest absolute Gasteiger partial charge is 0.220 e. The molecule has 0 saturated carbocycles. The highest BCUT2D eigenvalue weighted by atomic mass is 16.1. The fraction of sp³-hybridized carbons (Fsp3) is 0.750. The molecule has 0 aliphatic rings. The molecular formula is C16H30N4O. The van der Waals surface area contributed by atoms with Crippen LogP contribution < -0.4 is 5.32 Å². The Hall–Kier alpha value is -1.36. The SMILES string of the molecule is CCN(CC)CCNC(=O)CCc1c(C)nn(CC)c1C. The number of aryl methyl sites for hydroxylation is 2. The average Bonchev–Trinajstić information content (AvgIpc) is 2.75. The molecule has 0 aliphatic carbocycles. The molecule has 5 nitrogen and oxygen atoms in total. The van der Waals surface area contributed by atoms with Crippen LogP contribution in [0.15, 0.2) is 0 Å². The summed E-state index contributed by atoms with van der Waals surface area (Å²) in [5.74, 6) is 0.130. The van der Waals surface area contributed by atoms with Gasteiger partial charge >= 0.3 is 0 Å². The summed E-state index contributed by atoms with van der Waals surface area (Å²) in [6, 6.07) is 0. The van der Waals surface area contributed by atoms with E-state index in [-0.39, 0.29) is 5.91 Å². The molecule has 0 spiro atoms. The van der Waals surface area contributed by atoms with Crippen molar-refractivity contribution in [1.29, 1.82) is 0 Å². The molecular weight excluding hydrogens is 264 g/mol. The largest absolute Gasteiger partial charge is 0.355 e. The number of nitrogens with one attached hydrogen (secondary N) is 1. The molecule has 1 amide bonds. The second kappa shape index (κ2) is 8.82. The maximum absolute atomic E-state index is 11.9. The summed E-state index contributed by atoms with van der Waals surface area (Å²) in [6.07, 6.45) is 1.31. The zero-order chi connectivity index (χ0) is 15.8. The third-order valence-electron chi connectivity index (χ3n) is 4.08. The van der Waals surface area contributed by atoms with Gasteiger partial charge in [-0.3, -0.25) is 9.48 Å². The lowest BCUT2D eigenvalue weighted by molar-refractivity contribution is -0.121. The number of hydrogen-bond donors (Lipinski definition) is 1. The summed E-state index contributed by atoms with van der Waals surface area (Å²) in [4.78, 5) is 14.2. The van der Waals surface area contributed by atoms with Gasteiger partial charge in [-0.1, -0.05) is 13.8 Å². The lowest BCUT2D eigenvalue weighted by Gasteiger charge is -2.17. The van der Waals surface area contributed by atoms with Crippen LogP contribution in [0.5, 0.6) is 0 Å². The van der Waals surface area contributed by atoms with E-state index in [0.29, 0.717) is 6.42 Å². The first-order valence-corrected chi connectivity index (χ1v) is 8.05. The molecule has 0 atom stereocenters. The van der Waals surface area contributed by atoms with Crippen LogP contribution in [-0.4, -0.2) is 46.8 Å². The van der Waals surface area contributed by atoms with Crippen molar-refractivity contribution < 1.29 is 4.79 Å². The van der Waals surface area contributed by atoms with E-state index < -0.39 is 0 Å². The van der Waals surface area contributed by atoms with E-state index in [0.717, 1.165) is 44.8 Å². The third kappa shape index (κ3) is 5.16. The number of nitrogens with zero attached hydrogens (tertiary/aromatic N) is 3. The molecule has 0 radical (unpaired) electrons. The molecule has 0 saturated heterocycles. The van der Waals surface area contributed by atoms with E-state index in [1.165, 1.54) is 11.3 Å². The summed E-state index contributed by atoms with van der Waals surface area (Å²) in [5.41, 5.74) is 3.45. The number of hydrogen-bond acceptors (Lipinski definition) is 3. The van der Waals surface area contributed by atoms with Crippen LogP contribution in [0.1, 0.15) is 44.1 Å². The normalized spacial score (nSPS) is 11.1. The van der Waals surface area contributed by atoms with Crippen molar-refractivity contribution in [2.45, 2.75) is 54.0 Å². The highest BCUT2D eigenvalue weighted by molar-refractivity contribution is 5.76. The van der Waals surface area contributed by atoms with Crippen molar-refractivity contribution in [2.75, 3.05) is 26.2 Å². The minimum atomic E-state index is 0.130. The Morgan fingerprint density at radius 1 is 1.24 bits per heavy atom. The summed E-state index contributed by atoms with van der Waals surface area (Å²) in [5, 5.41) is 7.50. The van der Waals surface area contributed by atoms with Crippen LogP contribution in [0.25, 0.3) is 0 Å². The molecule has 5 heteroatoms. The minimum Gasteiger partial charge on any atom is -0.355 e. The Bertz CT molecular complexity index is 449. The molecule has 21 heavy (non-hydrogen) atoms. The summed E-state index contributed by atoms with van der Waals surface area (Å²) < 4.78 is 2.00. The Balaban J connectivity index is 2.38. The van der Waals surface area contributed by atoms with Gasteiger partial charge in [0.1, 0.15) is 0 Å². The molecule has 120 valence electrons. The van der Waals surface area contributed by atoms with Gasteiger partial charge in [-0.25, -0.2) is 0 Å². The van der Waals surface area contributed by atoms with Crippen molar-refractivity contribution in [3.63, 3.8) is 0 Å². The van der Waals surface area contributed by atoms with Crippen LogP contribution >= 0.6 is 0 Å². The van der Waals surface area contributed by atoms with E-state index in [1.807, 2.05) is 11.6 Å². The van der Waals surface area contributed by atoms with Gasteiger partial charge in [0.2, 0.25) is 5.91 Å². The second-order valence-corrected chi connectivity index (χ2v) is 5.34. The molecule has 1 N–H and O–H groups in total. The van der Waals surface area contributed by atoms with Gasteiger partial charge in [0, 0.05) is 31.7 Å². The first kappa shape index (κ1) is 17.7. The molecule has 1 aromatic rings. The molecule has 1 rings (SSSR count). The van der Waals surface area contributed by atoms with Crippen molar-refractivity contribution in [2.24, 2.45) is 0 Å². The maximum atomic E-state index is 11.9. The number of carbonyl (C=O) groups excluding carboxylic acids is 1. The van der Waals surface area contributed by atoms with E-state index in [2.05, 4.69) is 43.0 Å². The third-order valence-corrected chi connectivity index (χ3v) is 4.08. The van der Waals surface area contributed by atoms with Gasteiger partial charge < -0.3 is 10.2 Å². The number of amides is 1. The lowest BCUT2D eigenvalue weighted by atomic mass is 10.1. The van der Waals surface area contributed by atoms with Gasteiger partial charge in [-0.15, -0.1) is 0 Å². The van der Waals surface area contributed by atoms with E-state index in [9.17, 15) is 4.79 Å². The van der Waals surface area contributed by atoms with E-state index >= 15 is 0 Å². The number of aromatic nitrogens is 2. The average molecular weight is 294 g/mol. The van der Waals surface area contributed by atoms with E-state index in [4.69, 9.17) is 0 Å². The zero-order valence-electron chi connectivity index (χ0n) is 14.2. The topological polar surface area (TPSA) is 50.2 Å². The van der Waals surface area contributed by atoms with Crippen molar-refractivity contribution in [1.82, 2.24) is 20.0 Å². The predicted molar refractivity (Wildman–Crippen MR) is 86.5 cm³/mol. The molecule has 0 bridgehead atoms. The Morgan fingerprint density at radius 2 is 1.90 bits per heavy atom. The fourth-order valence-electron chi connectivity index (χ4n) is 2.62. The summed E-state index contributed by atoms with van der Waals surface area (Å²) in [7, 11) is 0. The quantitative estimate of drug-likeness (QED) is 0.757. The maximum Gasteiger partial charge on any atom is 0.220 e. The van der Waals surface area contributed by atoms with Crippen LogP contribution in [0.2, 0.25) is 0 Å². The first-order chi connectivity index (χ1) is 10.0.